The van der Waals surface area contributed by atoms with E-state index in [0.717, 1.165) is 5.75 Å². The number of carbonyl (C=O) groups excluding carboxylic acids is 2. The second-order valence-corrected chi connectivity index (χ2v) is 6.11. The normalized spacial score (nSPS) is 10.2. The molecule has 0 unspecified atom stereocenters. The van der Waals surface area contributed by atoms with Crippen molar-refractivity contribution in [2.75, 3.05) is 12.4 Å². The zero-order valence-corrected chi connectivity index (χ0v) is 15.6. The van der Waals surface area contributed by atoms with Gasteiger partial charge in [-0.1, -0.05) is 30.3 Å². The maximum Gasteiger partial charge on any atom is 0.224 e. The van der Waals surface area contributed by atoms with Gasteiger partial charge in [-0.15, -0.1) is 0 Å². The maximum absolute atomic E-state index is 12.3. The van der Waals surface area contributed by atoms with Crippen LogP contribution in [0.15, 0.2) is 78.9 Å². The number of rotatable bonds is 8. The molecular weight excluding hydrogens is 354 g/mol. The molecule has 0 spiro atoms. The maximum atomic E-state index is 12.3. The van der Waals surface area contributed by atoms with Gasteiger partial charge in [0.1, 0.15) is 17.2 Å². The first-order valence-corrected chi connectivity index (χ1v) is 8.95. The van der Waals surface area contributed by atoms with Crippen molar-refractivity contribution in [3.05, 3.63) is 84.4 Å². The summed E-state index contributed by atoms with van der Waals surface area (Å²) in [6.07, 6.45) is 0.221. The van der Waals surface area contributed by atoms with E-state index >= 15 is 0 Å². The fraction of sp³-hybridized carbons (Fsp3) is 0.130. The summed E-state index contributed by atoms with van der Waals surface area (Å²) in [6.45, 7) is 0. The average molecular weight is 375 g/mol. The van der Waals surface area contributed by atoms with E-state index in [1.807, 2.05) is 42.5 Å². The van der Waals surface area contributed by atoms with Crippen LogP contribution in [0.1, 0.15) is 23.2 Å². The molecule has 0 fully saturated rings. The third-order valence-electron chi connectivity index (χ3n) is 4.12. The summed E-state index contributed by atoms with van der Waals surface area (Å²) in [6, 6.07) is 23.5. The number of hydrogen-bond donors (Lipinski definition) is 1. The summed E-state index contributed by atoms with van der Waals surface area (Å²) in [5.41, 5.74) is 1.13. The number of ketones is 1. The Labute approximate surface area is 163 Å². The SMILES string of the molecule is COc1ccccc1NC(=O)CCC(=O)c1ccc(Oc2ccccc2)cc1. The van der Waals surface area contributed by atoms with E-state index in [2.05, 4.69) is 5.32 Å². The van der Waals surface area contributed by atoms with Crippen LogP contribution in [0.5, 0.6) is 17.2 Å². The molecule has 1 amide bonds. The molecule has 142 valence electrons. The Morgan fingerprint density at radius 2 is 1.43 bits per heavy atom. The molecule has 0 heterocycles. The molecule has 28 heavy (non-hydrogen) atoms. The van der Waals surface area contributed by atoms with Crippen LogP contribution in [-0.2, 0) is 4.79 Å². The summed E-state index contributed by atoms with van der Waals surface area (Å²) >= 11 is 0. The molecule has 0 aliphatic carbocycles. The van der Waals surface area contributed by atoms with E-state index in [1.54, 1.807) is 43.5 Å². The molecule has 0 radical (unpaired) electrons. The summed E-state index contributed by atoms with van der Waals surface area (Å²) in [5, 5.41) is 2.77. The molecule has 0 aliphatic rings. The second kappa shape index (κ2) is 9.37. The lowest BCUT2D eigenvalue weighted by Gasteiger charge is -2.09. The first kappa shape index (κ1) is 19.2. The molecule has 3 rings (SSSR count). The van der Waals surface area contributed by atoms with Gasteiger partial charge < -0.3 is 14.8 Å². The summed E-state index contributed by atoms with van der Waals surface area (Å²) in [4.78, 5) is 24.5. The minimum Gasteiger partial charge on any atom is -0.495 e. The fourth-order valence-electron chi connectivity index (χ4n) is 2.67. The number of amides is 1. The molecule has 0 saturated carbocycles. The molecule has 0 atom stereocenters. The van der Waals surface area contributed by atoms with Gasteiger partial charge in [-0.25, -0.2) is 0 Å². The van der Waals surface area contributed by atoms with Crippen molar-refractivity contribution in [1.82, 2.24) is 0 Å². The molecule has 0 saturated heterocycles. The minimum absolute atomic E-state index is 0.0959. The van der Waals surface area contributed by atoms with Gasteiger partial charge in [0.05, 0.1) is 12.8 Å². The van der Waals surface area contributed by atoms with Crippen molar-refractivity contribution in [1.29, 1.82) is 0 Å². The fourth-order valence-corrected chi connectivity index (χ4v) is 2.67. The van der Waals surface area contributed by atoms with E-state index in [9.17, 15) is 9.59 Å². The van der Waals surface area contributed by atoms with Gasteiger partial charge in [-0.3, -0.25) is 9.59 Å². The van der Waals surface area contributed by atoms with Crippen molar-refractivity contribution >= 4 is 17.4 Å². The molecule has 3 aromatic carbocycles. The van der Waals surface area contributed by atoms with Crippen LogP contribution in [0.3, 0.4) is 0 Å². The quantitative estimate of drug-likeness (QED) is 0.557. The molecule has 0 bridgehead atoms. The van der Waals surface area contributed by atoms with Crippen LogP contribution >= 0.6 is 0 Å². The van der Waals surface area contributed by atoms with E-state index in [-0.39, 0.29) is 24.5 Å². The first-order chi connectivity index (χ1) is 13.7. The smallest absolute Gasteiger partial charge is 0.224 e. The highest BCUT2D eigenvalue weighted by atomic mass is 16.5. The van der Waals surface area contributed by atoms with Crippen LogP contribution in [0.4, 0.5) is 5.69 Å². The molecule has 0 aliphatic heterocycles. The Morgan fingerprint density at radius 3 is 2.14 bits per heavy atom. The van der Waals surface area contributed by atoms with Crippen LogP contribution in [0, 0.1) is 0 Å². The van der Waals surface area contributed by atoms with Crippen LogP contribution in [0.2, 0.25) is 0 Å². The minimum atomic E-state index is -0.234. The summed E-state index contributed by atoms with van der Waals surface area (Å²) < 4.78 is 10.9. The van der Waals surface area contributed by atoms with Crippen LogP contribution in [0.25, 0.3) is 0 Å². The molecule has 5 nitrogen and oxygen atoms in total. The number of carbonyl (C=O) groups is 2. The number of methoxy groups -OCH3 is 1. The van der Waals surface area contributed by atoms with Crippen LogP contribution in [-0.4, -0.2) is 18.8 Å². The van der Waals surface area contributed by atoms with Gasteiger partial charge in [0.2, 0.25) is 5.91 Å². The highest BCUT2D eigenvalue weighted by Gasteiger charge is 2.11. The van der Waals surface area contributed by atoms with Crippen molar-refractivity contribution in [2.45, 2.75) is 12.8 Å². The number of hydrogen-bond acceptors (Lipinski definition) is 4. The number of nitrogens with one attached hydrogen (secondary N) is 1. The van der Waals surface area contributed by atoms with Crippen LogP contribution < -0.4 is 14.8 Å². The molecule has 1 N–H and O–H groups in total. The Morgan fingerprint density at radius 1 is 0.786 bits per heavy atom. The molecule has 5 heteroatoms. The summed E-state index contributed by atoms with van der Waals surface area (Å²) in [7, 11) is 1.54. The second-order valence-electron chi connectivity index (χ2n) is 6.11. The van der Waals surface area contributed by atoms with Crippen molar-refractivity contribution < 1.29 is 19.1 Å². The third-order valence-corrected chi connectivity index (χ3v) is 4.12. The standard InChI is InChI=1S/C23H21NO4/c1-27-22-10-6-5-9-20(22)24-23(26)16-15-21(25)17-11-13-19(14-12-17)28-18-7-3-2-4-8-18/h2-14H,15-16H2,1H3,(H,24,26). The Kier molecular flexibility index (Phi) is 6.41. The lowest BCUT2D eigenvalue weighted by atomic mass is 10.1. The van der Waals surface area contributed by atoms with E-state index in [1.165, 1.54) is 0 Å². The van der Waals surface area contributed by atoms with Gasteiger partial charge >= 0.3 is 0 Å². The predicted molar refractivity (Wildman–Crippen MR) is 108 cm³/mol. The zero-order valence-electron chi connectivity index (χ0n) is 15.6. The number of Topliss-reactive ketones (excluding diaryl/α,β-unsaturated/α-hetero) is 1. The van der Waals surface area contributed by atoms with Gasteiger partial charge in [-0.2, -0.15) is 0 Å². The van der Waals surface area contributed by atoms with Crippen molar-refractivity contribution in [3.8, 4) is 17.2 Å². The Bertz CT molecular complexity index is 936. The monoisotopic (exact) mass is 375 g/mol. The number of ether oxygens (including phenoxy) is 2. The molecular formula is C23H21NO4. The van der Waals surface area contributed by atoms with Crippen molar-refractivity contribution in [2.24, 2.45) is 0 Å². The lowest BCUT2D eigenvalue weighted by Crippen LogP contribution is -2.14. The average Bonchev–Trinajstić information content (AvgIpc) is 2.74. The third kappa shape index (κ3) is 5.20. The number of anilines is 1. The van der Waals surface area contributed by atoms with Gasteiger partial charge in [0.25, 0.3) is 0 Å². The topological polar surface area (TPSA) is 64.6 Å². The number of para-hydroxylation sites is 3. The number of benzene rings is 3. The highest BCUT2D eigenvalue weighted by molar-refractivity contribution is 6.00. The highest BCUT2D eigenvalue weighted by Crippen LogP contribution is 2.24. The summed E-state index contributed by atoms with van der Waals surface area (Å²) in [5.74, 6) is 1.63. The van der Waals surface area contributed by atoms with Crippen molar-refractivity contribution in [3.63, 3.8) is 0 Å². The van der Waals surface area contributed by atoms with Gasteiger partial charge in [-0.05, 0) is 48.5 Å². The van der Waals surface area contributed by atoms with Gasteiger partial charge in [0.15, 0.2) is 5.78 Å². The van der Waals surface area contributed by atoms with E-state index in [4.69, 9.17) is 9.47 Å². The molecule has 3 aromatic rings. The first-order valence-electron chi connectivity index (χ1n) is 8.95. The molecule has 0 aromatic heterocycles. The van der Waals surface area contributed by atoms with Gasteiger partial charge in [0, 0.05) is 18.4 Å². The zero-order chi connectivity index (χ0) is 19.8. The van der Waals surface area contributed by atoms with E-state index < -0.39 is 0 Å². The predicted octanol–water partition coefficient (Wildman–Crippen LogP) is 5.09. The van der Waals surface area contributed by atoms with E-state index in [0.29, 0.717) is 22.7 Å². The Hall–Kier alpha value is -3.60. The largest absolute Gasteiger partial charge is 0.495 e. The Balaban J connectivity index is 1.52. The lowest BCUT2D eigenvalue weighted by molar-refractivity contribution is -0.116.